The quantitative estimate of drug-likeness (QED) is 0.246. The average molecular weight is 523 g/mol. The number of carbonyl (C=O) groups excluding carboxylic acids is 1. The van der Waals surface area contributed by atoms with Gasteiger partial charge in [0, 0.05) is 46.5 Å². The van der Waals surface area contributed by atoms with Crippen LogP contribution in [0.4, 0.5) is 11.4 Å². The molecule has 8 nitrogen and oxygen atoms in total. The molecule has 1 aliphatic heterocycles. The van der Waals surface area contributed by atoms with Crippen LogP contribution in [0.1, 0.15) is 34.3 Å². The highest BCUT2D eigenvalue weighted by Gasteiger charge is 2.13. The zero-order chi connectivity index (χ0) is 23.9. The predicted molar refractivity (Wildman–Crippen MR) is 135 cm³/mol. The maximum Gasteiger partial charge on any atom is 0.271 e. The lowest BCUT2D eigenvalue weighted by molar-refractivity contribution is -0.384. The molecule has 3 aromatic rings. The number of hydrogen-bond donors (Lipinski definition) is 1. The van der Waals surface area contributed by atoms with E-state index < -0.39 is 4.92 Å². The van der Waals surface area contributed by atoms with Crippen LogP contribution >= 0.6 is 15.9 Å². The number of rotatable bonds is 8. The van der Waals surface area contributed by atoms with E-state index in [1.807, 2.05) is 24.3 Å². The summed E-state index contributed by atoms with van der Waals surface area (Å²) in [6.45, 7) is 2.25. The van der Waals surface area contributed by atoms with Crippen LogP contribution in [0, 0.1) is 10.1 Å². The third-order valence-corrected chi connectivity index (χ3v) is 5.95. The number of halogens is 1. The number of hydrogen-bond acceptors (Lipinski definition) is 6. The van der Waals surface area contributed by atoms with Gasteiger partial charge < -0.3 is 9.64 Å². The van der Waals surface area contributed by atoms with Crippen molar-refractivity contribution in [2.45, 2.75) is 19.4 Å². The van der Waals surface area contributed by atoms with Crippen molar-refractivity contribution in [3.63, 3.8) is 0 Å². The molecule has 0 saturated carbocycles. The molecule has 1 amide bonds. The number of nitrogens with one attached hydrogen (secondary N) is 1. The van der Waals surface area contributed by atoms with Gasteiger partial charge in [0.1, 0.15) is 12.4 Å². The minimum Gasteiger partial charge on any atom is -0.488 e. The summed E-state index contributed by atoms with van der Waals surface area (Å²) in [5, 5.41) is 15.1. The Hall–Kier alpha value is -3.72. The fourth-order valence-corrected chi connectivity index (χ4v) is 4.08. The number of carbonyl (C=O) groups is 1. The van der Waals surface area contributed by atoms with Crippen LogP contribution in [-0.2, 0) is 6.61 Å². The molecule has 1 N–H and O–H groups in total. The standard InChI is InChI=1S/C25H23BrN4O4/c26-21-8-11-24(34-17-18-4-3-5-23(14-18)30(32)33)20(15-21)16-27-28-25(31)19-6-9-22(10-7-19)29-12-1-2-13-29/h3-11,14-16H,1-2,12-13,17H2,(H,28,31)/b27-16-. The Kier molecular flexibility index (Phi) is 7.54. The van der Waals surface area contributed by atoms with Gasteiger partial charge in [0.2, 0.25) is 0 Å². The van der Waals surface area contributed by atoms with Gasteiger partial charge in [-0.1, -0.05) is 28.1 Å². The molecule has 1 saturated heterocycles. The van der Waals surface area contributed by atoms with E-state index in [1.54, 1.807) is 30.3 Å². The van der Waals surface area contributed by atoms with Gasteiger partial charge in [-0.15, -0.1) is 0 Å². The summed E-state index contributed by atoms with van der Waals surface area (Å²) in [4.78, 5) is 25.3. The molecular formula is C25H23BrN4O4. The average Bonchev–Trinajstić information content (AvgIpc) is 3.39. The molecule has 34 heavy (non-hydrogen) atoms. The third kappa shape index (κ3) is 5.99. The van der Waals surface area contributed by atoms with E-state index >= 15 is 0 Å². The van der Waals surface area contributed by atoms with Gasteiger partial charge in [-0.25, -0.2) is 5.43 Å². The molecule has 4 rings (SSSR count). The van der Waals surface area contributed by atoms with E-state index in [0.717, 1.165) is 23.2 Å². The largest absolute Gasteiger partial charge is 0.488 e. The van der Waals surface area contributed by atoms with Crippen molar-refractivity contribution >= 4 is 39.4 Å². The van der Waals surface area contributed by atoms with Gasteiger partial charge in [-0.2, -0.15) is 5.10 Å². The van der Waals surface area contributed by atoms with Crippen LogP contribution in [0.25, 0.3) is 0 Å². The second-order valence-corrected chi connectivity index (χ2v) is 8.75. The second kappa shape index (κ2) is 10.9. The zero-order valence-corrected chi connectivity index (χ0v) is 19.9. The van der Waals surface area contributed by atoms with Crippen molar-refractivity contribution in [2.24, 2.45) is 5.10 Å². The Morgan fingerprint density at radius 1 is 1.12 bits per heavy atom. The van der Waals surface area contributed by atoms with Crippen LogP contribution in [0.5, 0.6) is 5.75 Å². The maximum absolute atomic E-state index is 12.5. The lowest BCUT2D eigenvalue weighted by atomic mass is 10.2. The SMILES string of the molecule is O=C(N/N=C\c1cc(Br)ccc1OCc1cccc([N+](=O)[O-])c1)c1ccc(N2CCCC2)cc1. The minimum absolute atomic E-state index is 0.00914. The summed E-state index contributed by atoms with van der Waals surface area (Å²) in [7, 11) is 0. The van der Waals surface area contributed by atoms with Crippen molar-refractivity contribution in [2.75, 3.05) is 18.0 Å². The number of amides is 1. The van der Waals surface area contributed by atoms with Crippen molar-refractivity contribution < 1.29 is 14.5 Å². The van der Waals surface area contributed by atoms with E-state index in [0.29, 0.717) is 22.4 Å². The first-order valence-electron chi connectivity index (χ1n) is 10.8. The number of anilines is 1. The molecule has 0 unspecified atom stereocenters. The number of non-ortho nitro benzene ring substituents is 1. The van der Waals surface area contributed by atoms with E-state index in [2.05, 4.69) is 31.4 Å². The number of ether oxygens (including phenoxy) is 1. The third-order valence-electron chi connectivity index (χ3n) is 5.46. The number of benzene rings is 3. The summed E-state index contributed by atoms with van der Waals surface area (Å²) in [6, 6.07) is 19.2. The first-order valence-corrected chi connectivity index (χ1v) is 11.6. The van der Waals surface area contributed by atoms with E-state index in [-0.39, 0.29) is 18.2 Å². The molecule has 1 heterocycles. The lowest BCUT2D eigenvalue weighted by Crippen LogP contribution is -2.19. The normalized spacial score (nSPS) is 13.3. The zero-order valence-electron chi connectivity index (χ0n) is 18.3. The highest BCUT2D eigenvalue weighted by atomic mass is 79.9. The monoisotopic (exact) mass is 522 g/mol. The highest BCUT2D eigenvalue weighted by Crippen LogP contribution is 2.24. The molecule has 3 aromatic carbocycles. The number of hydrazone groups is 1. The summed E-state index contributed by atoms with van der Waals surface area (Å²) >= 11 is 3.43. The van der Waals surface area contributed by atoms with E-state index in [9.17, 15) is 14.9 Å². The van der Waals surface area contributed by atoms with Gasteiger partial charge in [0.05, 0.1) is 11.1 Å². The van der Waals surface area contributed by atoms with Crippen molar-refractivity contribution in [1.29, 1.82) is 0 Å². The van der Waals surface area contributed by atoms with E-state index in [4.69, 9.17) is 4.74 Å². The Morgan fingerprint density at radius 2 is 1.88 bits per heavy atom. The number of nitro benzene ring substituents is 1. The maximum atomic E-state index is 12.5. The van der Waals surface area contributed by atoms with Crippen LogP contribution in [-0.4, -0.2) is 30.1 Å². The van der Waals surface area contributed by atoms with Crippen molar-refractivity contribution in [3.05, 3.63) is 98.0 Å². The van der Waals surface area contributed by atoms with Crippen molar-refractivity contribution in [3.8, 4) is 5.75 Å². The molecule has 0 radical (unpaired) electrons. The molecule has 0 atom stereocenters. The second-order valence-electron chi connectivity index (χ2n) is 7.84. The minimum atomic E-state index is -0.441. The first-order chi connectivity index (χ1) is 16.5. The van der Waals surface area contributed by atoms with Crippen LogP contribution in [0.2, 0.25) is 0 Å². The topological polar surface area (TPSA) is 97.1 Å². The summed E-state index contributed by atoms with van der Waals surface area (Å²) < 4.78 is 6.68. The Balaban J connectivity index is 1.39. The molecular weight excluding hydrogens is 500 g/mol. The fourth-order valence-electron chi connectivity index (χ4n) is 3.70. The molecule has 1 fully saturated rings. The van der Waals surface area contributed by atoms with Crippen LogP contribution < -0.4 is 15.1 Å². The summed E-state index contributed by atoms with van der Waals surface area (Å²) in [6.07, 6.45) is 3.90. The molecule has 0 aromatic heterocycles. The van der Waals surface area contributed by atoms with Crippen LogP contribution in [0.15, 0.2) is 76.3 Å². The van der Waals surface area contributed by atoms with E-state index in [1.165, 1.54) is 31.2 Å². The predicted octanol–water partition coefficient (Wildman–Crippen LogP) is 5.30. The van der Waals surface area contributed by atoms with Gasteiger partial charge in [-0.3, -0.25) is 14.9 Å². The molecule has 174 valence electrons. The molecule has 0 bridgehead atoms. The number of nitro groups is 1. The molecule has 0 aliphatic carbocycles. The van der Waals surface area contributed by atoms with Crippen molar-refractivity contribution in [1.82, 2.24) is 5.43 Å². The molecule has 0 spiro atoms. The Morgan fingerprint density at radius 3 is 2.62 bits per heavy atom. The van der Waals surface area contributed by atoms with Gasteiger partial charge in [0.25, 0.3) is 11.6 Å². The van der Waals surface area contributed by atoms with Gasteiger partial charge in [0.15, 0.2) is 0 Å². The Bertz CT molecular complexity index is 1210. The lowest BCUT2D eigenvalue weighted by Gasteiger charge is -2.17. The Labute approximate surface area is 205 Å². The van der Waals surface area contributed by atoms with Gasteiger partial charge >= 0.3 is 0 Å². The molecule has 1 aliphatic rings. The van der Waals surface area contributed by atoms with Crippen LogP contribution in [0.3, 0.4) is 0 Å². The highest BCUT2D eigenvalue weighted by molar-refractivity contribution is 9.10. The smallest absolute Gasteiger partial charge is 0.271 e. The number of nitrogens with zero attached hydrogens (tertiary/aromatic N) is 3. The summed E-state index contributed by atoms with van der Waals surface area (Å²) in [5.41, 5.74) is 5.52. The summed E-state index contributed by atoms with van der Waals surface area (Å²) in [5.74, 6) is 0.223. The van der Waals surface area contributed by atoms with Gasteiger partial charge in [-0.05, 0) is 60.9 Å². The first kappa shape index (κ1) is 23.4. The molecule has 9 heteroatoms. The fraction of sp³-hybridized carbons (Fsp3) is 0.200.